The van der Waals surface area contributed by atoms with Gasteiger partial charge in [-0.25, -0.2) is 15.0 Å². The summed E-state index contributed by atoms with van der Waals surface area (Å²) in [4.78, 5) is 49.1. The summed E-state index contributed by atoms with van der Waals surface area (Å²) >= 11 is 3.39. The Balaban J connectivity index is 1.13. The van der Waals surface area contributed by atoms with E-state index in [1.165, 1.54) is 11.4 Å². The molecule has 0 bridgehead atoms. The molecule has 4 heterocycles. The molecule has 2 atom stereocenters. The molecule has 2 saturated heterocycles. The first-order chi connectivity index (χ1) is 17.5. The van der Waals surface area contributed by atoms with Crippen LogP contribution < -0.4 is 4.74 Å². The number of piperidine rings is 1. The van der Waals surface area contributed by atoms with Crippen LogP contribution in [0.25, 0.3) is 0 Å². The third-order valence-electron chi connectivity index (χ3n) is 7.70. The fourth-order valence-corrected chi connectivity index (χ4v) is 6.02. The first kappa shape index (κ1) is 23.5. The number of nitrogens with zero attached hydrogens (tertiary/aromatic N) is 5. The SMILES string of the molecule is O=C1c2ccc(O[C@@H]3CCCC[C@H]3N3CC(c4ncc(Br)cn4)C3)cc2CN1N1C(=O)CCCC1=O. The van der Waals surface area contributed by atoms with Crippen molar-refractivity contribution in [2.45, 2.75) is 69.6 Å². The van der Waals surface area contributed by atoms with Gasteiger partial charge in [-0.3, -0.25) is 19.3 Å². The molecule has 9 nitrogen and oxygen atoms in total. The molecular formula is C26H28BrN5O4. The van der Waals surface area contributed by atoms with E-state index < -0.39 is 0 Å². The summed E-state index contributed by atoms with van der Waals surface area (Å²) in [6, 6.07) is 5.82. The smallest absolute Gasteiger partial charge is 0.273 e. The Morgan fingerprint density at radius 2 is 1.67 bits per heavy atom. The number of aromatic nitrogens is 2. The van der Waals surface area contributed by atoms with Gasteiger partial charge in [-0.05, 0) is 65.4 Å². The van der Waals surface area contributed by atoms with Crippen LogP contribution in [0.1, 0.15) is 72.6 Å². The Bertz CT molecular complexity index is 1180. The van der Waals surface area contributed by atoms with Gasteiger partial charge in [0.25, 0.3) is 5.91 Å². The zero-order chi connectivity index (χ0) is 24.8. The van der Waals surface area contributed by atoms with E-state index in [0.717, 1.165) is 59.0 Å². The van der Waals surface area contributed by atoms with E-state index in [2.05, 4.69) is 30.8 Å². The lowest BCUT2D eigenvalue weighted by Gasteiger charge is -2.47. The summed E-state index contributed by atoms with van der Waals surface area (Å²) in [6.07, 6.45) is 9.18. The Kier molecular flexibility index (Phi) is 6.25. The van der Waals surface area contributed by atoms with E-state index in [9.17, 15) is 14.4 Å². The van der Waals surface area contributed by atoms with Crippen LogP contribution >= 0.6 is 15.9 Å². The van der Waals surface area contributed by atoms with Gasteiger partial charge in [0.05, 0.1) is 11.0 Å². The second-order valence-corrected chi connectivity index (χ2v) is 11.0. The molecule has 0 radical (unpaired) electrons. The summed E-state index contributed by atoms with van der Waals surface area (Å²) in [5.74, 6) is 1.03. The molecule has 1 aliphatic carbocycles. The molecule has 6 rings (SSSR count). The Hall–Kier alpha value is -2.85. The zero-order valence-corrected chi connectivity index (χ0v) is 21.5. The minimum Gasteiger partial charge on any atom is -0.489 e. The van der Waals surface area contributed by atoms with Gasteiger partial charge in [0.1, 0.15) is 17.7 Å². The van der Waals surface area contributed by atoms with Gasteiger partial charge < -0.3 is 4.74 Å². The zero-order valence-electron chi connectivity index (χ0n) is 19.9. The number of fused-ring (bicyclic) bond motifs is 1. The largest absolute Gasteiger partial charge is 0.489 e. The first-order valence-electron chi connectivity index (χ1n) is 12.7. The van der Waals surface area contributed by atoms with Gasteiger partial charge in [-0.1, -0.05) is 6.42 Å². The van der Waals surface area contributed by atoms with E-state index in [1.807, 2.05) is 12.1 Å². The molecule has 4 aliphatic rings. The van der Waals surface area contributed by atoms with Crippen LogP contribution in [0.4, 0.5) is 0 Å². The molecule has 0 spiro atoms. The van der Waals surface area contributed by atoms with Gasteiger partial charge in [0.2, 0.25) is 11.8 Å². The molecule has 0 N–H and O–H groups in total. The number of rotatable bonds is 5. The van der Waals surface area contributed by atoms with E-state index in [4.69, 9.17) is 4.74 Å². The Labute approximate surface area is 217 Å². The van der Waals surface area contributed by atoms with E-state index in [-0.39, 0.29) is 43.2 Å². The van der Waals surface area contributed by atoms with Gasteiger partial charge in [0.15, 0.2) is 0 Å². The number of hydrazine groups is 1. The predicted octanol–water partition coefficient (Wildman–Crippen LogP) is 3.44. The highest BCUT2D eigenvalue weighted by molar-refractivity contribution is 9.10. The molecule has 1 aromatic carbocycles. The number of carbonyl (C=O) groups is 3. The average molecular weight is 554 g/mol. The van der Waals surface area contributed by atoms with Crippen molar-refractivity contribution < 1.29 is 19.1 Å². The quantitative estimate of drug-likeness (QED) is 0.523. The number of carbonyl (C=O) groups excluding carboxylic acids is 3. The number of likely N-dealkylation sites (tertiary alicyclic amines) is 1. The summed E-state index contributed by atoms with van der Waals surface area (Å²) in [6.45, 7) is 2.06. The van der Waals surface area contributed by atoms with Crippen LogP contribution in [0, 0.1) is 0 Å². The number of halogens is 1. The molecule has 188 valence electrons. The molecule has 1 saturated carbocycles. The van der Waals surface area contributed by atoms with Crippen molar-refractivity contribution in [2.75, 3.05) is 13.1 Å². The second-order valence-electron chi connectivity index (χ2n) is 10.1. The van der Waals surface area contributed by atoms with Crippen molar-refractivity contribution >= 4 is 33.7 Å². The summed E-state index contributed by atoms with van der Waals surface area (Å²) < 4.78 is 7.39. The van der Waals surface area contributed by atoms with Crippen LogP contribution in [0.3, 0.4) is 0 Å². The second kappa shape index (κ2) is 9.55. The van der Waals surface area contributed by atoms with Crippen LogP contribution in [0.15, 0.2) is 35.1 Å². The van der Waals surface area contributed by atoms with Gasteiger partial charge in [-0.2, -0.15) is 5.01 Å². The predicted molar refractivity (Wildman–Crippen MR) is 133 cm³/mol. The topological polar surface area (TPSA) is 95.9 Å². The van der Waals surface area contributed by atoms with Crippen LogP contribution in [-0.2, 0) is 16.1 Å². The summed E-state index contributed by atoms with van der Waals surface area (Å²) in [5.41, 5.74) is 1.31. The highest BCUT2D eigenvalue weighted by Crippen LogP contribution is 2.36. The molecule has 1 aromatic heterocycles. The van der Waals surface area contributed by atoms with Crippen molar-refractivity contribution in [1.29, 1.82) is 0 Å². The first-order valence-corrected chi connectivity index (χ1v) is 13.5. The number of benzene rings is 1. The maximum absolute atomic E-state index is 13.0. The third-order valence-corrected chi connectivity index (χ3v) is 8.11. The van der Waals surface area contributed by atoms with Gasteiger partial charge >= 0.3 is 0 Å². The third kappa shape index (κ3) is 4.30. The molecule has 3 aliphatic heterocycles. The monoisotopic (exact) mass is 553 g/mol. The number of amides is 3. The van der Waals surface area contributed by atoms with Crippen molar-refractivity contribution in [3.8, 4) is 5.75 Å². The molecule has 10 heteroatoms. The maximum atomic E-state index is 13.0. The lowest BCUT2D eigenvalue weighted by Crippen LogP contribution is -2.57. The molecule has 2 aromatic rings. The fourth-order valence-electron chi connectivity index (χ4n) is 5.81. The Morgan fingerprint density at radius 1 is 0.944 bits per heavy atom. The Morgan fingerprint density at radius 3 is 2.42 bits per heavy atom. The number of hydrogen-bond acceptors (Lipinski definition) is 7. The van der Waals surface area contributed by atoms with Crippen molar-refractivity contribution in [3.63, 3.8) is 0 Å². The fraction of sp³-hybridized carbons (Fsp3) is 0.500. The van der Waals surface area contributed by atoms with Crippen LogP contribution in [0.5, 0.6) is 5.75 Å². The standard InChI is InChI=1S/C26H28BrN5O4/c27-18-11-28-25(29-12-18)17-13-30(14-17)21-4-1-2-5-22(21)36-19-8-9-20-16(10-19)15-31(26(20)35)32-23(33)6-3-7-24(32)34/h8-12,17,21-22H,1-7,13-15H2/t21-,22-/m1/s1. The molecule has 0 unspecified atom stereocenters. The normalized spacial score (nSPS) is 25.2. The number of ether oxygens (including phenoxy) is 1. The van der Waals surface area contributed by atoms with E-state index >= 15 is 0 Å². The van der Waals surface area contributed by atoms with E-state index in [1.54, 1.807) is 18.5 Å². The lowest BCUT2D eigenvalue weighted by molar-refractivity contribution is -0.163. The van der Waals surface area contributed by atoms with E-state index in [0.29, 0.717) is 23.9 Å². The van der Waals surface area contributed by atoms with Crippen molar-refractivity contribution in [1.82, 2.24) is 24.9 Å². The molecule has 3 fully saturated rings. The molecule has 36 heavy (non-hydrogen) atoms. The van der Waals surface area contributed by atoms with Crippen molar-refractivity contribution in [3.05, 3.63) is 52.0 Å². The minimum absolute atomic E-state index is 0.0713. The number of imide groups is 1. The summed E-state index contributed by atoms with van der Waals surface area (Å²) in [5, 5.41) is 2.32. The highest BCUT2D eigenvalue weighted by atomic mass is 79.9. The van der Waals surface area contributed by atoms with Gasteiger partial charge in [0, 0.05) is 55.8 Å². The minimum atomic E-state index is -0.310. The van der Waals surface area contributed by atoms with Crippen LogP contribution in [-0.4, -0.2) is 67.8 Å². The lowest BCUT2D eigenvalue weighted by atomic mass is 9.86. The molecular weight excluding hydrogens is 526 g/mol. The average Bonchev–Trinajstić information content (AvgIpc) is 3.15. The summed E-state index contributed by atoms with van der Waals surface area (Å²) in [7, 11) is 0. The van der Waals surface area contributed by atoms with Crippen molar-refractivity contribution in [2.24, 2.45) is 0 Å². The maximum Gasteiger partial charge on any atom is 0.273 e. The van der Waals surface area contributed by atoms with Gasteiger partial charge in [-0.15, -0.1) is 0 Å². The molecule has 3 amide bonds. The van der Waals surface area contributed by atoms with Crippen LogP contribution in [0.2, 0.25) is 0 Å². The number of hydrogen-bond donors (Lipinski definition) is 0. The highest BCUT2D eigenvalue weighted by Gasteiger charge is 2.41.